The quantitative estimate of drug-likeness (QED) is 0.178. The lowest BCUT2D eigenvalue weighted by Crippen LogP contribution is -2.05. The molecule has 0 radical (unpaired) electrons. The van der Waals surface area contributed by atoms with Crippen LogP contribution in [0.4, 0.5) is 11.4 Å². The number of hydrogen-bond acceptors (Lipinski definition) is 3. The highest BCUT2D eigenvalue weighted by Crippen LogP contribution is 2.32. The number of fused-ring (bicyclic) bond motifs is 2. The second kappa shape index (κ2) is 12.0. The van der Waals surface area contributed by atoms with Crippen LogP contribution in [0.25, 0.3) is 0 Å². The average Bonchev–Trinajstić information content (AvgIpc) is 3.44. The van der Waals surface area contributed by atoms with Crippen molar-refractivity contribution in [3.8, 4) is 0 Å². The van der Waals surface area contributed by atoms with Gasteiger partial charge in [0.05, 0.1) is 34.2 Å². The first-order valence-corrected chi connectivity index (χ1v) is 15.2. The van der Waals surface area contributed by atoms with E-state index >= 15 is 0 Å². The van der Waals surface area contributed by atoms with E-state index in [9.17, 15) is 0 Å². The number of nitrogens with zero attached hydrogens (tertiary/aromatic N) is 3. The summed E-state index contributed by atoms with van der Waals surface area (Å²) in [5.74, 6) is 0. The lowest BCUT2D eigenvalue weighted by Gasteiger charge is -2.09. The summed E-state index contributed by atoms with van der Waals surface area (Å²) in [5, 5.41) is 0. The molecule has 0 spiro atoms. The Morgan fingerprint density at radius 2 is 1.27 bits per heavy atom. The third kappa shape index (κ3) is 6.39. The second-order valence-electron chi connectivity index (χ2n) is 10.7. The molecule has 0 N–H and O–H groups in total. The number of hydrogen-bond donors (Lipinski definition) is 0. The van der Waals surface area contributed by atoms with Crippen LogP contribution in [0.1, 0.15) is 98.0 Å². The van der Waals surface area contributed by atoms with Crippen LogP contribution < -0.4 is 0 Å². The maximum atomic E-state index is 5.23. The maximum absolute atomic E-state index is 5.23. The van der Waals surface area contributed by atoms with Crippen LogP contribution in [0.5, 0.6) is 0 Å². The van der Waals surface area contributed by atoms with E-state index in [4.69, 9.17) is 15.0 Å². The van der Waals surface area contributed by atoms with E-state index in [1.165, 1.54) is 63.5 Å². The van der Waals surface area contributed by atoms with Crippen molar-refractivity contribution in [1.82, 2.24) is 4.98 Å². The lowest BCUT2D eigenvalue weighted by atomic mass is 10.0. The number of aliphatic imine (C=N–C) groups is 2. The van der Waals surface area contributed by atoms with Gasteiger partial charge in [0, 0.05) is 3.57 Å². The molecular weight excluding hydrogens is 565 g/mol. The van der Waals surface area contributed by atoms with Gasteiger partial charge >= 0.3 is 0 Å². The molecule has 0 aliphatic heterocycles. The summed E-state index contributed by atoms with van der Waals surface area (Å²) in [7, 11) is 0. The molecule has 1 aromatic heterocycles. The van der Waals surface area contributed by atoms with Crippen LogP contribution in [0.15, 0.2) is 52.4 Å². The van der Waals surface area contributed by atoms with Gasteiger partial charge in [0.2, 0.25) is 0 Å². The van der Waals surface area contributed by atoms with Crippen molar-refractivity contribution in [1.29, 1.82) is 0 Å². The molecule has 3 nitrogen and oxygen atoms in total. The summed E-state index contributed by atoms with van der Waals surface area (Å²) in [6.07, 6.45) is 12.5. The van der Waals surface area contributed by atoms with E-state index in [-0.39, 0.29) is 0 Å². The number of halogens is 1. The molecule has 1 heterocycles. The van der Waals surface area contributed by atoms with Crippen molar-refractivity contribution < 1.29 is 0 Å². The Morgan fingerprint density at radius 1 is 0.676 bits per heavy atom. The highest BCUT2D eigenvalue weighted by molar-refractivity contribution is 14.1. The second-order valence-corrected chi connectivity index (χ2v) is 11.9. The molecular formula is C33H38IN3. The van der Waals surface area contributed by atoms with Crippen molar-refractivity contribution in [2.24, 2.45) is 9.98 Å². The summed E-state index contributed by atoms with van der Waals surface area (Å²) >= 11 is 2.37. The Hall–Kier alpha value is -2.34. The fourth-order valence-corrected chi connectivity index (χ4v) is 6.40. The molecule has 0 atom stereocenters. The number of aromatic nitrogens is 1. The zero-order valence-electron chi connectivity index (χ0n) is 22.5. The predicted octanol–water partition coefficient (Wildman–Crippen LogP) is 9.20. The van der Waals surface area contributed by atoms with Gasteiger partial charge in [0.1, 0.15) is 0 Å². The number of pyridine rings is 1. The Kier molecular flexibility index (Phi) is 8.53. The molecule has 0 fully saturated rings. The van der Waals surface area contributed by atoms with Crippen molar-refractivity contribution in [2.75, 3.05) is 0 Å². The average molecular weight is 604 g/mol. The topological polar surface area (TPSA) is 37.6 Å². The lowest BCUT2D eigenvalue weighted by molar-refractivity contribution is 0.716. The maximum Gasteiger partial charge on any atom is 0.0885 e. The van der Waals surface area contributed by atoms with Gasteiger partial charge in [-0.2, -0.15) is 0 Å². The normalized spacial score (nSPS) is 16.5. The van der Waals surface area contributed by atoms with Gasteiger partial charge in [-0.3, -0.25) is 9.98 Å². The highest BCUT2D eigenvalue weighted by Gasteiger charge is 2.27. The van der Waals surface area contributed by atoms with Crippen LogP contribution in [0, 0.1) is 10.5 Å². The van der Waals surface area contributed by atoms with Crippen molar-refractivity contribution in [2.45, 2.75) is 91.4 Å². The van der Waals surface area contributed by atoms with Gasteiger partial charge in [-0.05, 0) is 139 Å². The van der Waals surface area contributed by atoms with E-state index < -0.39 is 0 Å². The van der Waals surface area contributed by atoms with E-state index in [1.54, 1.807) is 0 Å². The van der Waals surface area contributed by atoms with Crippen LogP contribution in [-0.2, 0) is 25.7 Å². The molecule has 0 amide bonds. The first kappa shape index (κ1) is 26.3. The molecule has 2 aliphatic carbocycles. The third-order valence-corrected chi connectivity index (χ3v) is 8.09. The molecule has 4 heteroatoms. The predicted molar refractivity (Wildman–Crippen MR) is 165 cm³/mol. The zero-order chi connectivity index (χ0) is 25.8. The van der Waals surface area contributed by atoms with Crippen LogP contribution in [0.3, 0.4) is 0 Å². The number of rotatable bonds is 9. The minimum Gasteiger partial charge on any atom is -0.251 e. The minimum atomic E-state index is 0.961. The molecule has 2 aromatic carbocycles. The first-order valence-electron chi connectivity index (χ1n) is 14.1. The van der Waals surface area contributed by atoms with Gasteiger partial charge in [-0.1, -0.05) is 45.2 Å². The monoisotopic (exact) mass is 603 g/mol. The van der Waals surface area contributed by atoms with Gasteiger partial charge < -0.3 is 0 Å². The molecule has 0 bridgehead atoms. The van der Waals surface area contributed by atoms with Crippen molar-refractivity contribution in [3.63, 3.8) is 0 Å². The SMILES string of the molecule is CCCCCc1cc(CCCC)cc(N=C2CCc3cc4c(nc32)C(=Nc2cc(C)cc(I)c2)CC4)c1. The summed E-state index contributed by atoms with van der Waals surface area (Å²) in [4.78, 5) is 15.5. The number of benzene rings is 2. The fourth-order valence-electron chi connectivity index (χ4n) is 5.59. The Labute approximate surface area is 236 Å². The third-order valence-electron chi connectivity index (χ3n) is 7.47. The highest BCUT2D eigenvalue weighted by atomic mass is 127. The van der Waals surface area contributed by atoms with Crippen LogP contribution >= 0.6 is 22.6 Å². The van der Waals surface area contributed by atoms with Crippen molar-refractivity contribution >= 4 is 45.4 Å². The zero-order valence-corrected chi connectivity index (χ0v) is 24.7. The number of aryl methyl sites for hydroxylation is 5. The van der Waals surface area contributed by atoms with E-state index in [1.807, 2.05) is 0 Å². The molecule has 0 saturated heterocycles. The van der Waals surface area contributed by atoms with E-state index in [0.717, 1.165) is 72.7 Å². The van der Waals surface area contributed by atoms with Gasteiger partial charge in [-0.25, -0.2) is 4.98 Å². The van der Waals surface area contributed by atoms with Gasteiger partial charge in [0.25, 0.3) is 0 Å². The molecule has 0 saturated carbocycles. The van der Waals surface area contributed by atoms with E-state index in [0.29, 0.717) is 0 Å². The largest absolute Gasteiger partial charge is 0.251 e. The van der Waals surface area contributed by atoms with Gasteiger partial charge in [0.15, 0.2) is 0 Å². The standard InChI is InChI=1S/C33H38IN3/c1-4-6-8-10-24-17-23(9-7-5-2)18-29(19-24)36-31-14-12-26-20-25-11-13-30(32(25)37-33(26)31)35-28-16-22(3)15-27(34)21-28/h15-21H,4-14H2,1-3H3. The van der Waals surface area contributed by atoms with Crippen LogP contribution in [0.2, 0.25) is 0 Å². The van der Waals surface area contributed by atoms with E-state index in [2.05, 4.69) is 85.8 Å². The molecule has 37 heavy (non-hydrogen) atoms. The minimum absolute atomic E-state index is 0.961. The molecule has 3 aromatic rings. The summed E-state index contributed by atoms with van der Waals surface area (Å²) in [6.45, 7) is 6.67. The summed E-state index contributed by atoms with van der Waals surface area (Å²) < 4.78 is 1.22. The van der Waals surface area contributed by atoms with Gasteiger partial charge in [-0.15, -0.1) is 0 Å². The molecule has 2 aliphatic rings. The molecule has 0 unspecified atom stereocenters. The Bertz CT molecular complexity index is 1330. The summed E-state index contributed by atoms with van der Waals surface area (Å²) in [5.41, 5.74) is 13.4. The smallest absolute Gasteiger partial charge is 0.0885 e. The Balaban J connectivity index is 1.47. The molecule has 5 rings (SSSR count). The van der Waals surface area contributed by atoms with Crippen LogP contribution in [-0.4, -0.2) is 16.4 Å². The summed E-state index contributed by atoms with van der Waals surface area (Å²) in [6, 6.07) is 15.9. The number of unbranched alkanes of at least 4 members (excludes halogenated alkanes) is 3. The van der Waals surface area contributed by atoms with Crippen molar-refractivity contribution in [3.05, 3.63) is 85.2 Å². The first-order chi connectivity index (χ1) is 18.0. The molecule has 192 valence electrons. The Morgan fingerprint density at radius 3 is 1.86 bits per heavy atom. The fraction of sp³-hybridized carbons (Fsp3) is 0.424.